The van der Waals surface area contributed by atoms with Crippen LogP contribution in [-0.4, -0.2) is 38.2 Å². The first-order valence-electron chi connectivity index (χ1n) is 16.1. The van der Waals surface area contributed by atoms with Gasteiger partial charge in [0.1, 0.15) is 5.67 Å². The van der Waals surface area contributed by atoms with Gasteiger partial charge in [-0.15, -0.1) is 11.3 Å². The van der Waals surface area contributed by atoms with Gasteiger partial charge in [-0.3, -0.25) is 4.79 Å². The summed E-state index contributed by atoms with van der Waals surface area (Å²) in [5, 5.41) is 5.15. The molecule has 3 heterocycles. The fourth-order valence-corrected chi connectivity index (χ4v) is 9.73. The molecule has 1 amide bonds. The van der Waals surface area contributed by atoms with Crippen LogP contribution in [-0.2, 0) is 16.1 Å². The summed E-state index contributed by atoms with van der Waals surface area (Å²) in [4.78, 5) is 29.7. The molecule has 11 heteroatoms. The minimum atomic E-state index is -3.17. The maximum Gasteiger partial charge on any atom is 0.322 e. The molecule has 11 rings (SSSR count). The Morgan fingerprint density at radius 3 is 2.42 bits per heavy atom. The van der Waals surface area contributed by atoms with Gasteiger partial charge in [-0.05, 0) is 99.8 Å². The molecule has 0 unspecified atom stereocenters. The Balaban J connectivity index is 1.01. The summed E-state index contributed by atoms with van der Waals surface area (Å²) in [6.07, 6.45) is 9.94. The molecule has 234 valence electrons. The van der Waals surface area contributed by atoms with Crippen molar-refractivity contribution in [2.45, 2.75) is 100 Å². The number of carbonyl (C=O) groups excluding carboxylic acids is 1. The number of thiazole rings is 1. The summed E-state index contributed by atoms with van der Waals surface area (Å²) in [6, 6.07) is 10.2. The Kier molecular flexibility index (Phi) is 5.67. The van der Waals surface area contributed by atoms with E-state index in [-0.39, 0.29) is 16.7 Å². The first-order chi connectivity index (χ1) is 21.5. The highest BCUT2D eigenvalue weighted by atomic mass is 32.1. The molecule has 7 fully saturated rings. The lowest BCUT2D eigenvalue weighted by atomic mass is 9.41. The molecule has 0 radical (unpaired) electrons. The number of aromatic nitrogens is 4. The summed E-state index contributed by atoms with van der Waals surface area (Å²) in [6.45, 7) is 1.32. The fraction of sp³-hybridized carbons (Fsp3) is 0.559. The van der Waals surface area contributed by atoms with Crippen LogP contribution in [0.2, 0.25) is 0 Å². The van der Waals surface area contributed by atoms with Crippen LogP contribution in [0.4, 0.5) is 18.9 Å². The zero-order valence-electron chi connectivity index (χ0n) is 25.1. The van der Waals surface area contributed by atoms with Crippen molar-refractivity contribution in [2.24, 2.45) is 10.8 Å². The monoisotopic (exact) mass is 633 g/mol. The van der Waals surface area contributed by atoms with Crippen LogP contribution in [0.1, 0.15) is 100 Å². The van der Waals surface area contributed by atoms with E-state index in [4.69, 9.17) is 9.51 Å². The number of anilines is 1. The molecule has 3 aromatic heterocycles. The predicted octanol–water partition coefficient (Wildman–Crippen LogP) is 8.25. The summed E-state index contributed by atoms with van der Waals surface area (Å²) < 4.78 is 48.4. The molecule has 0 atom stereocenters. The third-order valence-corrected chi connectivity index (χ3v) is 12.7. The van der Waals surface area contributed by atoms with Crippen LogP contribution >= 0.6 is 11.3 Å². The molecule has 7 nitrogen and oxygen atoms in total. The van der Waals surface area contributed by atoms with Gasteiger partial charge in [-0.1, -0.05) is 17.3 Å². The SMILES string of the molecule is CC(F)(F)c1nc(C23CCC(CN(C(=O)C45CC(F)(C4)C5)c4cccc(-c5cnc6nc(C7CC7)sc6c5)c4)(CC2)CC3)no1. The van der Waals surface area contributed by atoms with E-state index in [1.165, 1.54) is 12.8 Å². The van der Waals surface area contributed by atoms with Gasteiger partial charge >= 0.3 is 5.92 Å². The molecular formula is C34H34F3N5O2S. The third kappa shape index (κ3) is 4.39. The van der Waals surface area contributed by atoms with Crippen molar-refractivity contribution in [2.75, 3.05) is 11.4 Å². The number of carbonyl (C=O) groups is 1. The molecule has 7 aliphatic rings. The van der Waals surface area contributed by atoms with Gasteiger partial charge in [0.15, 0.2) is 11.5 Å². The number of rotatable bonds is 8. The number of alkyl halides is 3. The highest BCUT2D eigenvalue weighted by Gasteiger charge is 2.73. The van der Waals surface area contributed by atoms with E-state index in [1.54, 1.807) is 11.3 Å². The van der Waals surface area contributed by atoms with E-state index >= 15 is 0 Å². The lowest BCUT2D eigenvalue weighted by Gasteiger charge is -2.65. The zero-order valence-corrected chi connectivity index (χ0v) is 25.9. The molecular weight excluding hydrogens is 599 g/mol. The first kappa shape index (κ1) is 27.9. The lowest BCUT2D eigenvalue weighted by Crippen LogP contribution is -2.71. The zero-order chi connectivity index (χ0) is 30.8. The molecule has 0 spiro atoms. The van der Waals surface area contributed by atoms with Gasteiger partial charge in [-0.25, -0.2) is 14.4 Å². The van der Waals surface area contributed by atoms with E-state index in [1.807, 2.05) is 29.3 Å². The van der Waals surface area contributed by atoms with Crippen molar-refractivity contribution in [3.8, 4) is 11.1 Å². The second kappa shape index (κ2) is 9.14. The third-order valence-electron chi connectivity index (χ3n) is 11.5. The Morgan fingerprint density at radius 1 is 1.04 bits per heavy atom. The molecule has 0 aliphatic heterocycles. The Bertz CT molecular complexity index is 1820. The maximum absolute atomic E-state index is 14.6. The number of benzene rings is 1. The summed E-state index contributed by atoms with van der Waals surface area (Å²) in [5.74, 6) is -2.83. The molecule has 45 heavy (non-hydrogen) atoms. The molecule has 0 saturated heterocycles. The molecule has 4 aromatic rings. The number of fused-ring (bicyclic) bond motifs is 4. The number of halogens is 3. The highest BCUT2D eigenvalue weighted by molar-refractivity contribution is 7.18. The maximum atomic E-state index is 14.6. The number of hydrogen-bond acceptors (Lipinski definition) is 7. The minimum absolute atomic E-state index is 0.0223. The van der Waals surface area contributed by atoms with Crippen molar-refractivity contribution >= 4 is 33.3 Å². The van der Waals surface area contributed by atoms with Crippen molar-refractivity contribution in [3.63, 3.8) is 0 Å². The summed E-state index contributed by atoms with van der Waals surface area (Å²) in [7, 11) is 0. The lowest BCUT2D eigenvalue weighted by molar-refractivity contribution is -0.211. The Labute approximate surface area is 262 Å². The first-order valence-corrected chi connectivity index (χ1v) is 16.9. The van der Waals surface area contributed by atoms with E-state index in [0.29, 0.717) is 37.5 Å². The van der Waals surface area contributed by atoms with Crippen LogP contribution in [0.3, 0.4) is 0 Å². The van der Waals surface area contributed by atoms with Crippen molar-refractivity contribution in [1.82, 2.24) is 20.1 Å². The number of hydrogen-bond donors (Lipinski definition) is 0. The molecule has 7 saturated carbocycles. The average molecular weight is 634 g/mol. The predicted molar refractivity (Wildman–Crippen MR) is 163 cm³/mol. The van der Waals surface area contributed by atoms with Gasteiger partial charge in [0, 0.05) is 42.2 Å². The van der Waals surface area contributed by atoms with E-state index in [2.05, 4.69) is 27.3 Å². The normalized spacial score (nSPS) is 31.9. The molecule has 4 bridgehead atoms. The quantitative estimate of drug-likeness (QED) is 0.194. The number of nitrogens with zero attached hydrogens (tertiary/aromatic N) is 5. The summed E-state index contributed by atoms with van der Waals surface area (Å²) >= 11 is 1.72. The smallest absolute Gasteiger partial charge is 0.322 e. The van der Waals surface area contributed by atoms with E-state index in [9.17, 15) is 18.0 Å². The van der Waals surface area contributed by atoms with Gasteiger partial charge in [-0.2, -0.15) is 13.8 Å². The average Bonchev–Trinajstić information content (AvgIpc) is 3.55. The Hall–Kier alpha value is -3.34. The van der Waals surface area contributed by atoms with Crippen molar-refractivity contribution in [1.29, 1.82) is 0 Å². The van der Waals surface area contributed by atoms with Crippen molar-refractivity contribution < 1.29 is 22.5 Å². The molecule has 0 N–H and O–H groups in total. The largest absolute Gasteiger partial charge is 0.333 e. The second-order valence-corrected chi connectivity index (χ2v) is 15.9. The minimum Gasteiger partial charge on any atom is -0.333 e. The van der Waals surface area contributed by atoms with E-state index in [0.717, 1.165) is 77.6 Å². The van der Waals surface area contributed by atoms with Crippen LogP contribution < -0.4 is 4.90 Å². The van der Waals surface area contributed by atoms with Crippen LogP contribution in [0, 0.1) is 10.8 Å². The Morgan fingerprint density at radius 2 is 1.78 bits per heavy atom. The number of amides is 1. The van der Waals surface area contributed by atoms with Gasteiger partial charge in [0.05, 0.1) is 15.1 Å². The molecule has 7 aliphatic carbocycles. The van der Waals surface area contributed by atoms with Crippen molar-refractivity contribution in [3.05, 3.63) is 53.3 Å². The topological polar surface area (TPSA) is 85.0 Å². The second-order valence-electron chi connectivity index (χ2n) is 14.9. The van der Waals surface area contributed by atoms with Crippen LogP contribution in [0.5, 0.6) is 0 Å². The van der Waals surface area contributed by atoms with Crippen LogP contribution in [0.25, 0.3) is 21.5 Å². The van der Waals surface area contributed by atoms with Gasteiger partial charge in [0.2, 0.25) is 5.91 Å². The van der Waals surface area contributed by atoms with Crippen LogP contribution in [0.15, 0.2) is 41.1 Å². The van der Waals surface area contributed by atoms with Gasteiger partial charge < -0.3 is 9.42 Å². The fourth-order valence-electron chi connectivity index (χ4n) is 8.60. The number of pyridine rings is 1. The summed E-state index contributed by atoms with van der Waals surface area (Å²) in [5.41, 5.74) is 1.29. The van der Waals surface area contributed by atoms with Gasteiger partial charge in [0.25, 0.3) is 5.89 Å². The highest BCUT2D eigenvalue weighted by Crippen LogP contribution is 2.70. The standard InChI is InChI=1S/C34H34F3N5O2S/c1-30(35,36)28-40-27(41-44-28)32-10-7-31(8-11-32,9-12-32)19-42(29(43)33-16-34(37,17-33)18-33)23-4-2-3-21(13-23)22-14-24-25(38-15-22)39-26(45-24)20-5-6-20/h2-4,13-15,20H,5-12,16-19H2,1H3. The van der Waals surface area contributed by atoms with E-state index < -0.39 is 22.9 Å². The molecule has 1 aromatic carbocycles.